The molecule has 2 N–H and O–H groups in total. The summed E-state index contributed by atoms with van der Waals surface area (Å²) in [5, 5.41) is 12.0. The van der Waals surface area contributed by atoms with Gasteiger partial charge < -0.3 is 10.4 Å². The number of carbonyl (C=O) groups is 2. The average Bonchev–Trinajstić information content (AvgIpc) is 2.75. The van der Waals surface area contributed by atoms with Crippen LogP contribution in [-0.2, 0) is 9.59 Å². The number of carboxylic acids is 1. The fourth-order valence-electron chi connectivity index (χ4n) is 1.89. The smallest absolute Gasteiger partial charge is 0.330 e. The third-order valence-electron chi connectivity index (χ3n) is 3.23. The Kier molecular flexibility index (Phi) is 5.31. The minimum atomic E-state index is -1.03. The molecule has 1 amide bonds. The Bertz CT molecular complexity index is 287. The molecule has 0 bridgehead atoms. The second-order valence-electron chi connectivity index (χ2n) is 4.72. The van der Waals surface area contributed by atoms with Gasteiger partial charge in [-0.2, -0.15) is 11.8 Å². The number of aliphatic carboxylic acids is 1. The zero-order chi connectivity index (χ0) is 12.9. The van der Waals surface area contributed by atoms with Gasteiger partial charge in [-0.25, -0.2) is 4.79 Å². The van der Waals surface area contributed by atoms with Crippen LogP contribution in [0, 0.1) is 5.92 Å². The standard InChI is InChI=1S/C12H21NO3S/c1-3-4-5-9(2)10(14)13-12(11(15)16)6-7-17-8-12/h9H,3-8H2,1-2H3,(H,13,14)(H,15,16). The van der Waals surface area contributed by atoms with E-state index in [0.29, 0.717) is 12.2 Å². The average molecular weight is 259 g/mol. The van der Waals surface area contributed by atoms with Gasteiger partial charge in [0.15, 0.2) is 0 Å². The molecule has 2 unspecified atom stereocenters. The lowest BCUT2D eigenvalue weighted by atomic mass is 9.96. The second-order valence-corrected chi connectivity index (χ2v) is 5.83. The molecule has 1 fully saturated rings. The van der Waals surface area contributed by atoms with Crippen molar-refractivity contribution >= 4 is 23.6 Å². The van der Waals surface area contributed by atoms with Crippen LogP contribution < -0.4 is 5.32 Å². The van der Waals surface area contributed by atoms with Crippen molar-refractivity contribution in [3.8, 4) is 0 Å². The van der Waals surface area contributed by atoms with Crippen LogP contribution in [-0.4, -0.2) is 34.0 Å². The van der Waals surface area contributed by atoms with E-state index in [4.69, 9.17) is 0 Å². The largest absolute Gasteiger partial charge is 0.479 e. The van der Waals surface area contributed by atoms with E-state index in [1.54, 1.807) is 11.8 Å². The summed E-state index contributed by atoms with van der Waals surface area (Å²) in [5.74, 6) is 0.156. The van der Waals surface area contributed by atoms with Crippen molar-refractivity contribution in [3.63, 3.8) is 0 Å². The number of hydrogen-bond donors (Lipinski definition) is 2. The number of hydrogen-bond acceptors (Lipinski definition) is 3. The Morgan fingerprint density at radius 3 is 2.71 bits per heavy atom. The van der Waals surface area contributed by atoms with Gasteiger partial charge in [0.1, 0.15) is 5.54 Å². The van der Waals surface area contributed by atoms with Gasteiger partial charge in [0.05, 0.1) is 0 Å². The van der Waals surface area contributed by atoms with Crippen LogP contribution in [0.1, 0.15) is 39.5 Å². The molecule has 4 nitrogen and oxygen atoms in total. The van der Waals surface area contributed by atoms with Gasteiger partial charge in [0, 0.05) is 11.7 Å². The first-order valence-electron chi connectivity index (χ1n) is 6.15. The summed E-state index contributed by atoms with van der Waals surface area (Å²) >= 11 is 1.59. The summed E-state index contributed by atoms with van der Waals surface area (Å²) in [6, 6.07) is 0. The lowest BCUT2D eigenvalue weighted by molar-refractivity contribution is -0.147. The maximum absolute atomic E-state index is 11.9. The van der Waals surface area contributed by atoms with Gasteiger partial charge in [-0.15, -0.1) is 0 Å². The van der Waals surface area contributed by atoms with E-state index in [1.807, 2.05) is 6.92 Å². The Hall–Kier alpha value is -0.710. The molecule has 0 radical (unpaired) electrons. The molecule has 1 heterocycles. The summed E-state index contributed by atoms with van der Waals surface area (Å²) in [5.41, 5.74) is -1.03. The highest BCUT2D eigenvalue weighted by Crippen LogP contribution is 2.28. The predicted octanol–water partition coefficient (Wildman–Crippen LogP) is 1.89. The van der Waals surface area contributed by atoms with Crippen molar-refractivity contribution < 1.29 is 14.7 Å². The molecule has 0 spiro atoms. The van der Waals surface area contributed by atoms with Crippen LogP contribution in [0.25, 0.3) is 0 Å². The van der Waals surface area contributed by atoms with E-state index in [-0.39, 0.29) is 11.8 Å². The van der Waals surface area contributed by atoms with E-state index in [0.717, 1.165) is 25.0 Å². The van der Waals surface area contributed by atoms with Crippen LogP contribution in [0.2, 0.25) is 0 Å². The first kappa shape index (κ1) is 14.4. The van der Waals surface area contributed by atoms with Gasteiger partial charge in [-0.1, -0.05) is 26.7 Å². The number of carboxylic acid groups (broad SMARTS) is 1. The monoisotopic (exact) mass is 259 g/mol. The third kappa shape index (κ3) is 3.63. The molecule has 5 heteroatoms. The molecule has 2 atom stereocenters. The summed E-state index contributed by atoms with van der Waals surface area (Å²) in [6.45, 7) is 3.94. The van der Waals surface area contributed by atoms with Crippen LogP contribution >= 0.6 is 11.8 Å². The van der Waals surface area contributed by atoms with Crippen molar-refractivity contribution in [1.29, 1.82) is 0 Å². The topological polar surface area (TPSA) is 66.4 Å². The Morgan fingerprint density at radius 1 is 1.53 bits per heavy atom. The molecule has 17 heavy (non-hydrogen) atoms. The lowest BCUT2D eigenvalue weighted by Gasteiger charge is -2.26. The molecule has 0 aromatic rings. The maximum atomic E-state index is 11.9. The molecule has 98 valence electrons. The van der Waals surface area contributed by atoms with Crippen molar-refractivity contribution in [3.05, 3.63) is 0 Å². The highest BCUT2D eigenvalue weighted by atomic mass is 32.2. The van der Waals surface area contributed by atoms with E-state index in [2.05, 4.69) is 12.2 Å². The predicted molar refractivity (Wildman–Crippen MR) is 69.1 cm³/mol. The molecule has 1 rings (SSSR count). The number of amides is 1. The van der Waals surface area contributed by atoms with Crippen molar-refractivity contribution in [2.45, 2.75) is 45.1 Å². The SMILES string of the molecule is CCCCC(C)C(=O)NC1(C(=O)O)CCSC1. The first-order valence-corrected chi connectivity index (χ1v) is 7.30. The Labute approximate surface area is 107 Å². The van der Waals surface area contributed by atoms with E-state index in [1.165, 1.54) is 0 Å². The minimum Gasteiger partial charge on any atom is -0.479 e. The highest BCUT2D eigenvalue weighted by molar-refractivity contribution is 7.99. The fraction of sp³-hybridized carbons (Fsp3) is 0.833. The van der Waals surface area contributed by atoms with Crippen molar-refractivity contribution in [2.75, 3.05) is 11.5 Å². The molecular weight excluding hydrogens is 238 g/mol. The van der Waals surface area contributed by atoms with Crippen LogP contribution in [0.15, 0.2) is 0 Å². The number of unbranched alkanes of at least 4 members (excludes halogenated alkanes) is 1. The van der Waals surface area contributed by atoms with E-state index >= 15 is 0 Å². The van der Waals surface area contributed by atoms with Crippen LogP contribution in [0.4, 0.5) is 0 Å². The highest BCUT2D eigenvalue weighted by Gasteiger charge is 2.43. The van der Waals surface area contributed by atoms with Crippen LogP contribution in [0.3, 0.4) is 0 Å². The van der Waals surface area contributed by atoms with Gasteiger partial charge in [-0.3, -0.25) is 4.79 Å². The second kappa shape index (κ2) is 6.28. The van der Waals surface area contributed by atoms with Crippen molar-refractivity contribution in [2.24, 2.45) is 5.92 Å². The quantitative estimate of drug-likeness (QED) is 0.764. The molecule has 0 aromatic carbocycles. The summed E-state index contributed by atoms with van der Waals surface area (Å²) in [6.07, 6.45) is 3.41. The molecule has 0 aliphatic carbocycles. The van der Waals surface area contributed by atoms with Crippen LogP contribution in [0.5, 0.6) is 0 Å². The number of rotatable bonds is 6. The van der Waals surface area contributed by atoms with E-state index in [9.17, 15) is 14.7 Å². The lowest BCUT2D eigenvalue weighted by Crippen LogP contribution is -2.56. The molecule has 1 aliphatic heterocycles. The summed E-state index contributed by atoms with van der Waals surface area (Å²) in [7, 11) is 0. The first-order chi connectivity index (χ1) is 8.02. The summed E-state index contributed by atoms with van der Waals surface area (Å²) in [4.78, 5) is 23.2. The number of carbonyl (C=O) groups excluding carboxylic acids is 1. The van der Waals surface area contributed by atoms with Gasteiger partial charge >= 0.3 is 5.97 Å². The maximum Gasteiger partial charge on any atom is 0.330 e. The molecule has 1 aliphatic rings. The molecule has 0 saturated carbocycles. The minimum absolute atomic E-state index is 0.100. The number of nitrogens with one attached hydrogen (secondary N) is 1. The van der Waals surface area contributed by atoms with Gasteiger partial charge in [-0.05, 0) is 18.6 Å². The molecule has 1 saturated heterocycles. The molecular formula is C12H21NO3S. The van der Waals surface area contributed by atoms with Gasteiger partial charge in [0.25, 0.3) is 0 Å². The third-order valence-corrected chi connectivity index (χ3v) is 4.42. The summed E-state index contributed by atoms with van der Waals surface area (Å²) < 4.78 is 0. The number of thioether (sulfide) groups is 1. The zero-order valence-corrected chi connectivity index (χ0v) is 11.3. The fourth-order valence-corrected chi connectivity index (χ4v) is 3.21. The normalized spacial score (nSPS) is 25.5. The zero-order valence-electron chi connectivity index (χ0n) is 10.5. The Balaban J connectivity index is 2.56. The van der Waals surface area contributed by atoms with Gasteiger partial charge in [0.2, 0.25) is 5.91 Å². The Morgan fingerprint density at radius 2 is 2.24 bits per heavy atom. The van der Waals surface area contributed by atoms with E-state index < -0.39 is 11.5 Å². The van der Waals surface area contributed by atoms with Crippen molar-refractivity contribution in [1.82, 2.24) is 5.32 Å². The molecule has 0 aromatic heterocycles.